The fourth-order valence-corrected chi connectivity index (χ4v) is 4.47. The van der Waals surface area contributed by atoms with Crippen LogP contribution >= 0.6 is 11.8 Å². The third-order valence-electron chi connectivity index (χ3n) is 5.33. The molecule has 1 heterocycles. The Morgan fingerprint density at radius 2 is 1.62 bits per heavy atom. The number of aliphatic hydroxyl groups is 1. The van der Waals surface area contributed by atoms with Crippen LogP contribution in [-0.2, 0) is 31.8 Å². The molecule has 0 aliphatic rings. The Kier molecular flexibility index (Phi) is 13.7. The standard InChI is InChI=1S/C25H23N2OS.C2H6.CH3Se.Pd/c1-18-8-6-13-23(19(18)2)25(28,24-15-26-17-27-24)21-11-7-12-22(14-21)29-16-20-9-4-3-5-10-20;2*1-2;/h3-15,17,28H,16H2,1-2H3;1-2H3;1H3;/q-1;;;. The van der Waals surface area contributed by atoms with E-state index in [-0.39, 0.29) is 20.4 Å². The molecule has 0 saturated heterocycles. The average Bonchev–Trinajstić information content (AvgIpc) is 3.43. The third-order valence-corrected chi connectivity index (χ3v) is 6.39. The van der Waals surface area contributed by atoms with Crippen molar-refractivity contribution >= 4 is 27.8 Å². The number of benzene rings is 3. The molecule has 0 aliphatic carbocycles. The quantitative estimate of drug-likeness (QED) is 0.197. The first-order valence-electron chi connectivity index (χ1n) is 11.0. The smallest absolute Gasteiger partial charge is 0.136 e. The van der Waals surface area contributed by atoms with E-state index in [2.05, 4.69) is 75.4 Å². The van der Waals surface area contributed by atoms with E-state index < -0.39 is 5.60 Å². The number of thioether (sulfide) groups is 1. The van der Waals surface area contributed by atoms with Crippen LogP contribution in [0.2, 0.25) is 5.82 Å². The zero-order chi connectivity index (χ0) is 24.3. The Morgan fingerprint density at radius 1 is 0.941 bits per heavy atom. The van der Waals surface area contributed by atoms with Gasteiger partial charge in [0.05, 0.1) is 0 Å². The summed E-state index contributed by atoms with van der Waals surface area (Å²) in [5, 5.41) is 12.0. The summed E-state index contributed by atoms with van der Waals surface area (Å²) >= 11 is 4.38. The van der Waals surface area contributed by atoms with Crippen LogP contribution in [-0.4, -0.2) is 26.1 Å². The molecule has 4 rings (SSSR count). The SMILES string of the molecule is CC.C[Se].Cc1cccc(C(O)(c2cccc(SCc3ccccc3)c2)c2c[n-]cn2)c1C.[Pd]. The Balaban J connectivity index is 0.00000110. The second kappa shape index (κ2) is 15.4. The van der Waals surface area contributed by atoms with Gasteiger partial charge in [0.25, 0.3) is 0 Å². The second-order valence-corrected chi connectivity index (χ2v) is 8.22. The predicted octanol–water partition coefficient (Wildman–Crippen LogP) is 6.46. The van der Waals surface area contributed by atoms with Gasteiger partial charge in [0.2, 0.25) is 0 Å². The van der Waals surface area contributed by atoms with Crippen molar-refractivity contribution in [3.8, 4) is 0 Å². The maximum atomic E-state index is 12.0. The molecule has 6 heteroatoms. The normalized spacial score (nSPS) is 11.6. The summed E-state index contributed by atoms with van der Waals surface area (Å²) in [6, 6.07) is 24.5. The maximum Gasteiger partial charge on any atom is 0.136 e. The molecule has 3 nitrogen and oxygen atoms in total. The molecule has 0 amide bonds. The number of hydrogen-bond donors (Lipinski definition) is 1. The van der Waals surface area contributed by atoms with E-state index in [9.17, 15) is 5.11 Å². The van der Waals surface area contributed by atoms with Gasteiger partial charge in [0, 0.05) is 31.1 Å². The van der Waals surface area contributed by atoms with Crippen molar-refractivity contribution in [1.29, 1.82) is 0 Å². The minimum atomic E-state index is -1.35. The minimum absolute atomic E-state index is 0. The first kappa shape index (κ1) is 30.4. The summed E-state index contributed by atoms with van der Waals surface area (Å²) in [5.41, 5.74) is 4.28. The molecule has 0 saturated carbocycles. The second-order valence-electron chi connectivity index (χ2n) is 7.17. The molecule has 1 aromatic heterocycles. The summed E-state index contributed by atoms with van der Waals surface area (Å²) in [5.74, 6) is 2.75. The van der Waals surface area contributed by atoms with Gasteiger partial charge in [-0.3, -0.25) is 0 Å². The van der Waals surface area contributed by atoms with E-state index in [1.165, 1.54) is 11.9 Å². The average molecular weight is 630 g/mol. The predicted molar refractivity (Wildman–Crippen MR) is 141 cm³/mol. The Morgan fingerprint density at radius 3 is 2.26 bits per heavy atom. The van der Waals surface area contributed by atoms with Gasteiger partial charge in [-0.15, -0.1) is 11.8 Å². The van der Waals surface area contributed by atoms with Crippen LogP contribution < -0.4 is 4.98 Å². The number of aromatic nitrogens is 2. The minimum Gasteiger partial charge on any atom is -0.449 e. The van der Waals surface area contributed by atoms with E-state index in [1.54, 1.807) is 18.0 Å². The van der Waals surface area contributed by atoms with Gasteiger partial charge >= 0.3 is 21.8 Å². The van der Waals surface area contributed by atoms with Crippen molar-refractivity contribution in [2.75, 3.05) is 0 Å². The number of aryl methyl sites for hydroxylation is 1. The van der Waals surface area contributed by atoms with Crippen LogP contribution in [0.5, 0.6) is 0 Å². The van der Waals surface area contributed by atoms with Crippen LogP contribution in [0.4, 0.5) is 0 Å². The van der Waals surface area contributed by atoms with Crippen molar-refractivity contribution in [2.24, 2.45) is 0 Å². The van der Waals surface area contributed by atoms with Gasteiger partial charge in [-0.2, -0.15) is 0 Å². The van der Waals surface area contributed by atoms with Crippen molar-refractivity contribution in [1.82, 2.24) is 9.97 Å². The number of rotatable bonds is 6. The number of hydrogen-bond acceptors (Lipinski definition) is 3. The molecule has 0 bridgehead atoms. The number of nitrogens with zero attached hydrogens (tertiary/aromatic N) is 2. The van der Waals surface area contributed by atoms with Gasteiger partial charge in [-0.1, -0.05) is 87.0 Å². The summed E-state index contributed by atoms with van der Waals surface area (Å²) in [7, 11) is 0. The van der Waals surface area contributed by atoms with Crippen molar-refractivity contribution in [3.05, 3.63) is 119 Å². The zero-order valence-electron chi connectivity index (χ0n) is 20.3. The first-order valence-corrected chi connectivity index (χ1v) is 13.7. The van der Waals surface area contributed by atoms with Gasteiger partial charge in [-0.25, -0.2) is 0 Å². The van der Waals surface area contributed by atoms with Crippen LogP contribution in [0, 0.1) is 13.8 Å². The molecule has 34 heavy (non-hydrogen) atoms. The molecule has 183 valence electrons. The van der Waals surface area contributed by atoms with Crippen LogP contribution in [0.25, 0.3) is 0 Å². The van der Waals surface area contributed by atoms with Crippen LogP contribution in [0.3, 0.4) is 0 Å². The maximum absolute atomic E-state index is 12.0. The molecule has 0 fully saturated rings. The van der Waals surface area contributed by atoms with Crippen molar-refractivity contribution in [2.45, 2.75) is 49.8 Å². The molecule has 0 spiro atoms. The van der Waals surface area contributed by atoms with E-state index in [0.717, 1.165) is 32.9 Å². The molecule has 4 aromatic rings. The van der Waals surface area contributed by atoms with E-state index in [4.69, 9.17) is 0 Å². The fourth-order valence-electron chi connectivity index (χ4n) is 3.56. The van der Waals surface area contributed by atoms with Gasteiger partial charge in [0.1, 0.15) is 5.60 Å². The number of imidazole rings is 1. The fraction of sp³-hybridized carbons (Fsp3) is 0.250. The van der Waals surface area contributed by atoms with Gasteiger partial charge < -0.3 is 15.1 Å². The van der Waals surface area contributed by atoms with E-state index >= 15 is 0 Å². The first-order chi connectivity index (χ1) is 16.1. The Labute approximate surface area is 230 Å². The largest absolute Gasteiger partial charge is 0.449 e. The third kappa shape index (κ3) is 7.18. The molecule has 1 atom stereocenters. The molecule has 3 aromatic carbocycles. The summed E-state index contributed by atoms with van der Waals surface area (Å²) in [6.45, 7) is 8.10. The van der Waals surface area contributed by atoms with E-state index in [0.29, 0.717) is 5.69 Å². The van der Waals surface area contributed by atoms with Gasteiger partial charge in [0.15, 0.2) is 0 Å². The summed E-state index contributed by atoms with van der Waals surface area (Å²) in [4.78, 5) is 9.59. The Bertz CT molecular complexity index is 1110. The van der Waals surface area contributed by atoms with Crippen LogP contribution in [0.15, 0.2) is 90.2 Å². The van der Waals surface area contributed by atoms with E-state index in [1.807, 2.05) is 56.9 Å². The van der Waals surface area contributed by atoms with Gasteiger partial charge in [-0.05, 0) is 59.5 Å². The molecule has 1 unspecified atom stereocenters. The molecular formula is C28H32N2OPdSSe-. The molecule has 1 radical (unpaired) electrons. The van der Waals surface area contributed by atoms with Crippen molar-refractivity contribution in [3.63, 3.8) is 0 Å². The molecular weight excluding hydrogens is 598 g/mol. The van der Waals surface area contributed by atoms with Crippen LogP contribution in [0.1, 0.15) is 47.4 Å². The van der Waals surface area contributed by atoms with Crippen molar-refractivity contribution < 1.29 is 25.5 Å². The molecule has 1 N–H and O–H groups in total. The Hall–Kier alpha value is -1.64. The monoisotopic (exact) mass is 630 g/mol. The summed E-state index contributed by atoms with van der Waals surface area (Å²) in [6.07, 6.45) is 3.13. The topological polar surface area (TPSA) is 47.2 Å². The zero-order valence-corrected chi connectivity index (χ0v) is 24.3. The molecule has 0 aliphatic heterocycles. The summed E-state index contributed by atoms with van der Waals surface area (Å²) < 4.78 is 0.